The van der Waals surface area contributed by atoms with Crippen LogP contribution in [0.25, 0.3) is 0 Å². The van der Waals surface area contributed by atoms with Gasteiger partial charge in [-0.2, -0.15) is 5.10 Å². The van der Waals surface area contributed by atoms with Crippen molar-refractivity contribution in [3.8, 4) is 11.5 Å². The molecule has 0 saturated carbocycles. The van der Waals surface area contributed by atoms with E-state index in [0.29, 0.717) is 12.4 Å². The highest BCUT2D eigenvalue weighted by Gasteiger charge is 2.24. The summed E-state index contributed by atoms with van der Waals surface area (Å²) in [5, 5.41) is 6.67. The van der Waals surface area contributed by atoms with Crippen LogP contribution in [0.2, 0.25) is 0 Å². The van der Waals surface area contributed by atoms with Crippen molar-refractivity contribution in [2.45, 2.75) is 26.5 Å². The monoisotopic (exact) mass is 477 g/mol. The lowest BCUT2D eigenvalue weighted by molar-refractivity contribution is -0.123. The van der Waals surface area contributed by atoms with Crippen molar-refractivity contribution in [1.29, 1.82) is 0 Å². The number of hydrazone groups is 1. The average Bonchev–Trinajstić information content (AvgIpc) is 2.87. The molecular formula is C27H28FN3O4. The van der Waals surface area contributed by atoms with Gasteiger partial charge in [-0.1, -0.05) is 26.0 Å². The molecular weight excluding hydrogens is 449 g/mol. The number of amides is 2. The van der Waals surface area contributed by atoms with Crippen molar-refractivity contribution in [3.05, 3.63) is 95.3 Å². The van der Waals surface area contributed by atoms with Gasteiger partial charge in [0.05, 0.1) is 13.3 Å². The molecule has 0 bridgehead atoms. The number of hydrogen-bond acceptors (Lipinski definition) is 5. The fraction of sp³-hybridized carbons (Fsp3) is 0.222. The smallest absolute Gasteiger partial charge is 0.262 e. The molecule has 0 spiro atoms. The van der Waals surface area contributed by atoms with E-state index in [1.54, 1.807) is 7.11 Å². The predicted octanol–water partition coefficient (Wildman–Crippen LogP) is 4.32. The van der Waals surface area contributed by atoms with Crippen LogP contribution in [0.4, 0.5) is 4.39 Å². The van der Waals surface area contributed by atoms with Gasteiger partial charge >= 0.3 is 0 Å². The first-order valence-corrected chi connectivity index (χ1v) is 11.1. The van der Waals surface area contributed by atoms with Crippen LogP contribution in [0.1, 0.15) is 35.3 Å². The molecule has 3 aromatic rings. The Labute approximate surface area is 204 Å². The number of nitrogens with one attached hydrogen (secondary N) is 2. The number of benzene rings is 3. The zero-order valence-electron chi connectivity index (χ0n) is 19.8. The van der Waals surface area contributed by atoms with E-state index in [1.165, 1.54) is 30.5 Å². The molecule has 35 heavy (non-hydrogen) atoms. The Balaban J connectivity index is 1.51. The Bertz CT molecular complexity index is 1140. The van der Waals surface area contributed by atoms with Crippen LogP contribution in [0, 0.1) is 11.7 Å². The first kappa shape index (κ1) is 25.4. The molecule has 1 atom stereocenters. The van der Waals surface area contributed by atoms with Crippen LogP contribution >= 0.6 is 0 Å². The molecule has 0 heterocycles. The van der Waals surface area contributed by atoms with Gasteiger partial charge in [-0.05, 0) is 77.7 Å². The van der Waals surface area contributed by atoms with Crippen molar-refractivity contribution < 1.29 is 23.5 Å². The summed E-state index contributed by atoms with van der Waals surface area (Å²) in [5.41, 5.74) is 4.51. The summed E-state index contributed by atoms with van der Waals surface area (Å²) in [6.07, 6.45) is 1.50. The van der Waals surface area contributed by atoms with Crippen molar-refractivity contribution in [3.63, 3.8) is 0 Å². The SMILES string of the molecule is COc1ccc(COc2ccc(/C=N/NC(=O)C(NC(=O)c3ccc(F)cc3)C(C)C)cc2)cc1. The highest BCUT2D eigenvalue weighted by atomic mass is 19.1. The van der Waals surface area contributed by atoms with Crippen LogP contribution in [0.15, 0.2) is 77.9 Å². The number of hydrogen-bond donors (Lipinski definition) is 2. The lowest BCUT2D eigenvalue weighted by atomic mass is 10.0. The van der Waals surface area contributed by atoms with E-state index >= 15 is 0 Å². The maximum absolute atomic E-state index is 13.1. The first-order chi connectivity index (χ1) is 16.9. The summed E-state index contributed by atoms with van der Waals surface area (Å²) in [7, 11) is 1.62. The summed E-state index contributed by atoms with van der Waals surface area (Å²) < 4.78 is 24.0. The highest BCUT2D eigenvalue weighted by molar-refractivity contribution is 5.97. The maximum Gasteiger partial charge on any atom is 0.262 e. The van der Waals surface area contributed by atoms with Gasteiger partial charge in [0.1, 0.15) is 30.0 Å². The molecule has 0 aliphatic carbocycles. The van der Waals surface area contributed by atoms with Gasteiger partial charge in [-0.15, -0.1) is 0 Å². The molecule has 2 N–H and O–H groups in total. The highest BCUT2D eigenvalue weighted by Crippen LogP contribution is 2.16. The fourth-order valence-electron chi connectivity index (χ4n) is 3.14. The van der Waals surface area contributed by atoms with Gasteiger partial charge in [0.2, 0.25) is 0 Å². The maximum atomic E-state index is 13.1. The molecule has 7 nitrogen and oxygen atoms in total. The Morgan fingerprint density at radius 1 is 0.943 bits per heavy atom. The summed E-state index contributed by atoms with van der Waals surface area (Å²) in [6.45, 7) is 4.04. The van der Waals surface area contributed by atoms with E-state index < -0.39 is 23.7 Å². The molecule has 0 radical (unpaired) electrons. The zero-order valence-corrected chi connectivity index (χ0v) is 19.8. The van der Waals surface area contributed by atoms with E-state index in [9.17, 15) is 14.0 Å². The second-order valence-corrected chi connectivity index (χ2v) is 8.14. The molecule has 3 aromatic carbocycles. The summed E-state index contributed by atoms with van der Waals surface area (Å²) in [6, 6.07) is 19.2. The zero-order chi connectivity index (χ0) is 25.2. The first-order valence-electron chi connectivity index (χ1n) is 11.1. The average molecular weight is 478 g/mol. The third kappa shape index (κ3) is 7.67. The Morgan fingerprint density at radius 2 is 1.57 bits per heavy atom. The minimum Gasteiger partial charge on any atom is -0.497 e. The van der Waals surface area contributed by atoms with Crippen molar-refractivity contribution in [1.82, 2.24) is 10.7 Å². The van der Waals surface area contributed by atoms with E-state index in [1.807, 2.05) is 62.4 Å². The number of nitrogens with zero attached hydrogens (tertiary/aromatic N) is 1. The standard InChI is InChI=1S/C27H28FN3O4/c1-18(2)25(30-26(32)21-8-10-22(28)11-9-21)27(33)31-29-16-19-4-14-24(15-5-19)35-17-20-6-12-23(34-3)13-7-20/h4-16,18,25H,17H2,1-3H3,(H,30,32)(H,31,33)/b29-16+. The van der Waals surface area contributed by atoms with Crippen molar-refractivity contribution in [2.24, 2.45) is 11.0 Å². The van der Waals surface area contributed by atoms with Gasteiger partial charge in [-0.3, -0.25) is 9.59 Å². The largest absolute Gasteiger partial charge is 0.497 e. The fourth-order valence-corrected chi connectivity index (χ4v) is 3.14. The number of rotatable bonds is 10. The van der Waals surface area contributed by atoms with Crippen LogP contribution in [0.5, 0.6) is 11.5 Å². The molecule has 3 rings (SSSR count). The third-order valence-corrected chi connectivity index (χ3v) is 5.18. The van der Waals surface area contributed by atoms with E-state index in [2.05, 4.69) is 15.8 Å². The molecule has 0 aromatic heterocycles. The van der Waals surface area contributed by atoms with Crippen LogP contribution in [-0.2, 0) is 11.4 Å². The van der Waals surface area contributed by atoms with Crippen LogP contribution in [-0.4, -0.2) is 31.2 Å². The summed E-state index contributed by atoms with van der Waals surface area (Å²) in [4.78, 5) is 25.0. The lowest BCUT2D eigenvalue weighted by Gasteiger charge is -2.20. The normalized spacial score (nSPS) is 11.8. The van der Waals surface area contributed by atoms with Gasteiger partial charge in [-0.25, -0.2) is 9.82 Å². The second kappa shape index (κ2) is 12.3. The van der Waals surface area contributed by atoms with Gasteiger partial charge in [0, 0.05) is 5.56 Å². The summed E-state index contributed by atoms with van der Waals surface area (Å²) >= 11 is 0. The number of methoxy groups -OCH3 is 1. The number of carbonyl (C=O) groups excluding carboxylic acids is 2. The van der Waals surface area contributed by atoms with Gasteiger partial charge in [0.15, 0.2) is 0 Å². The number of halogens is 1. The topological polar surface area (TPSA) is 89.0 Å². The molecule has 0 aliphatic rings. The number of carbonyl (C=O) groups is 2. The lowest BCUT2D eigenvalue weighted by Crippen LogP contribution is -2.48. The van der Waals surface area contributed by atoms with E-state index in [-0.39, 0.29) is 11.5 Å². The predicted molar refractivity (Wildman–Crippen MR) is 132 cm³/mol. The molecule has 0 fully saturated rings. The minimum absolute atomic E-state index is 0.184. The molecule has 8 heteroatoms. The molecule has 0 aliphatic heterocycles. The molecule has 0 saturated heterocycles. The Hall–Kier alpha value is -4.20. The van der Waals surface area contributed by atoms with Gasteiger partial charge < -0.3 is 14.8 Å². The molecule has 1 unspecified atom stereocenters. The van der Waals surface area contributed by atoms with E-state index in [0.717, 1.165) is 16.9 Å². The number of ether oxygens (including phenoxy) is 2. The van der Waals surface area contributed by atoms with Crippen molar-refractivity contribution >= 4 is 18.0 Å². The van der Waals surface area contributed by atoms with E-state index in [4.69, 9.17) is 9.47 Å². The molecule has 2 amide bonds. The van der Waals surface area contributed by atoms with Crippen LogP contribution in [0.3, 0.4) is 0 Å². The minimum atomic E-state index is -0.807. The Kier molecular flexibility index (Phi) is 8.95. The van der Waals surface area contributed by atoms with Gasteiger partial charge in [0.25, 0.3) is 11.8 Å². The Morgan fingerprint density at radius 3 is 2.17 bits per heavy atom. The quantitative estimate of drug-likeness (QED) is 0.336. The summed E-state index contributed by atoms with van der Waals surface area (Å²) in [5.74, 6) is -0.0494. The third-order valence-electron chi connectivity index (χ3n) is 5.18. The molecule has 182 valence electrons. The van der Waals surface area contributed by atoms with Crippen molar-refractivity contribution in [2.75, 3.05) is 7.11 Å². The second-order valence-electron chi connectivity index (χ2n) is 8.14. The van der Waals surface area contributed by atoms with Crippen LogP contribution < -0.4 is 20.2 Å².